The summed E-state index contributed by atoms with van der Waals surface area (Å²) in [5, 5.41) is 3.70. The highest BCUT2D eigenvalue weighted by Crippen LogP contribution is 2.27. The number of ether oxygens (including phenoxy) is 1. The third-order valence-corrected chi connectivity index (χ3v) is 4.07. The topological polar surface area (TPSA) is 24.5 Å². The summed E-state index contributed by atoms with van der Waals surface area (Å²) >= 11 is 0. The molecular formula is C16H26N2O. The summed E-state index contributed by atoms with van der Waals surface area (Å²) in [5.41, 5.74) is 2.91. The molecule has 0 bridgehead atoms. The Hall–Kier alpha value is -1.06. The van der Waals surface area contributed by atoms with E-state index in [4.69, 9.17) is 4.74 Å². The SMILES string of the molecule is CCOCCN1CC(C)(CC)NCc2ccccc21. The van der Waals surface area contributed by atoms with E-state index in [2.05, 4.69) is 48.3 Å². The van der Waals surface area contributed by atoms with Crippen LogP contribution in [0, 0.1) is 0 Å². The molecule has 0 amide bonds. The molecule has 1 aromatic rings. The lowest BCUT2D eigenvalue weighted by Crippen LogP contribution is -2.49. The molecule has 19 heavy (non-hydrogen) atoms. The second kappa shape index (κ2) is 6.40. The van der Waals surface area contributed by atoms with Gasteiger partial charge in [-0.05, 0) is 31.9 Å². The van der Waals surface area contributed by atoms with Gasteiger partial charge in [0.1, 0.15) is 0 Å². The van der Waals surface area contributed by atoms with E-state index < -0.39 is 0 Å². The highest BCUT2D eigenvalue weighted by molar-refractivity contribution is 5.55. The third kappa shape index (κ3) is 3.48. The first-order valence-corrected chi connectivity index (χ1v) is 7.34. The first-order valence-electron chi connectivity index (χ1n) is 7.34. The molecule has 0 saturated carbocycles. The minimum atomic E-state index is 0.172. The van der Waals surface area contributed by atoms with Crippen molar-refractivity contribution in [3.8, 4) is 0 Å². The molecule has 1 N–H and O–H groups in total. The number of nitrogens with zero attached hydrogens (tertiary/aromatic N) is 1. The molecule has 106 valence electrons. The lowest BCUT2D eigenvalue weighted by molar-refractivity contribution is 0.152. The van der Waals surface area contributed by atoms with E-state index in [0.717, 1.165) is 39.3 Å². The standard InChI is InChI=1S/C16H26N2O/c1-4-16(3)13-18(10-11-19-5-2)15-9-7-6-8-14(15)12-17-16/h6-9,17H,4-5,10-13H2,1-3H3. The molecule has 3 nitrogen and oxygen atoms in total. The predicted molar refractivity (Wildman–Crippen MR) is 80.7 cm³/mol. The Kier molecular flexibility index (Phi) is 4.83. The van der Waals surface area contributed by atoms with E-state index in [1.165, 1.54) is 11.3 Å². The maximum Gasteiger partial charge on any atom is 0.0641 e. The maximum absolute atomic E-state index is 5.53. The molecule has 1 atom stereocenters. The summed E-state index contributed by atoms with van der Waals surface area (Å²) in [6, 6.07) is 8.69. The second-order valence-electron chi connectivity index (χ2n) is 5.51. The van der Waals surface area contributed by atoms with Gasteiger partial charge in [-0.1, -0.05) is 25.1 Å². The molecule has 1 unspecified atom stereocenters. The maximum atomic E-state index is 5.53. The van der Waals surface area contributed by atoms with E-state index >= 15 is 0 Å². The smallest absolute Gasteiger partial charge is 0.0641 e. The van der Waals surface area contributed by atoms with Crippen LogP contribution >= 0.6 is 0 Å². The van der Waals surface area contributed by atoms with Gasteiger partial charge in [-0.15, -0.1) is 0 Å². The molecule has 0 fully saturated rings. The number of hydrogen-bond acceptors (Lipinski definition) is 3. The average molecular weight is 262 g/mol. The molecule has 3 heteroatoms. The van der Waals surface area contributed by atoms with Crippen molar-refractivity contribution < 1.29 is 4.74 Å². The second-order valence-corrected chi connectivity index (χ2v) is 5.51. The quantitative estimate of drug-likeness (QED) is 0.826. The fraction of sp³-hybridized carbons (Fsp3) is 0.625. The summed E-state index contributed by atoms with van der Waals surface area (Å²) in [6.45, 7) is 11.1. The van der Waals surface area contributed by atoms with Gasteiger partial charge in [0.05, 0.1) is 6.61 Å². The summed E-state index contributed by atoms with van der Waals surface area (Å²) in [4.78, 5) is 2.47. The van der Waals surface area contributed by atoms with Gasteiger partial charge in [-0.2, -0.15) is 0 Å². The number of benzene rings is 1. The number of hydrogen-bond donors (Lipinski definition) is 1. The Morgan fingerprint density at radius 3 is 2.84 bits per heavy atom. The molecule has 0 saturated heterocycles. The largest absolute Gasteiger partial charge is 0.380 e. The van der Waals surface area contributed by atoms with E-state index in [0.29, 0.717) is 0 Å². The normalized spacial score (nSPS) is 23.0. The van der Waals surface area contributed by atoms with Crippen molar-refractivity contribution in [1.82, 2.24) is 5.32 Å². The number of fused-ring (bicyclic) bond motifs is 1. The van der Waals surface area contributed by atoms with Crippen LogP contribution in [0.3, 0.4) is 0 Å². The van der Waals surface area contributed by atoms with Crippen LogP contribution in [0.25, 0.3) is 0 Å². The van der Waals surface area contributed by atoms with Crippen LogP contribution in [0.1, 0.15) is 32.8 Å². The fourth-order valence-electron chi connectivity index (χ4n) is 2.60. The fourth-order valence-corrected chi connectivity index (χ4v) is 2.60. The van der Waals surface area contributed by atoms with Crippen molar-refractivity contribution in [2.45, 2.75) is 39.3 Å². The zero-order chi connectivity index (χ0) is 13.7. The summed E-state index contributed by atoms with van der Waals surface area (Å²) in [5.74, 6) is 0. The molecule has 1 aliphatic rings. The summed E-state index contributed by atoms with van der Waals surface area (Å²) < 4.78 is 5.53. The molecule has 1 aromatic carbocycles. The van der Waals surface area contributed by atoms with Crippen LogP contribution in [0.5, 0.6) is 0 Å². The van der Waals surface area contributed by atoms with E-state index in [1.807, 2.05) is 6.92 Å². The van der Waals surface area contributed by atoms with Gasteiger partial charge in [0.25, 0.3) is 0 Å². The molecule has 2 rings (SSSR count). The number of para-hydroxylation sites is 1. The van der Waals surface area contributed by atoms with Crippen LogP contribution in [0.15, 0.2) is 24.3 Å². The van der Waals surface area contributed by atoms with Crippen molar-refractivity contribution >= 4 is 5.69 Å². The van der Waals surface area contributed by atoms with Crippen LogP contribution in [0.2, 0.25) is 0 Å². The molecular weight excluding hydrogens is 236 g/mol. The first-order chi connectivity index (χ1) is 9.18. The zero-order valence-electron chi connectivity index (χ0n) is 12.4. The van der Waals surface area contributed by atoms with Crippen molar-refractivity contribution in [2.75, 3.05) is 31.2 Å². The Bertz CT molecular complexity index is 407. The van der Waals surface area contributed by atoms with E-state index in [9.17, 15) is 0 Å². The Morgan fingerprint density at radius 2 is 2.11 bits per heavy atom. The molecule has 1 heterocycles. The van der Waals surface area contributed by atoms with Gasteiger partial charge in [0, 0.05) is 37.5 Å². The molecule has 0 radical (unpaired) electrons. The highest BCUT2D eigenvalue weighted by Gasteiger charge is 2.28. The van der Waals surface area contributed by atoms with Crippen LogP contribution in [0.4, 0.5) is 5.69 Å². The van der Waals surface area contributed by atoms with Crippen LogP contribution < -0.4 is 10.2 Å². The minimum absolute atomic E-state index is 0.172. The Balaban J connectivity index is 2.19. The summed E-state index contributed by atoms with van der Waals surface area (Å²) in [7, 11) is 0. The molecule has 0 aliphatic carbocycles. The van der Waals surface area contributed by atoms with Gasteiger partial charge < -0.3 is 15.0 Å². The predicted octanol–water partition coefficient (Wildman–Crippen LogP) is 2.80. The minimum Gasteiger partial charge on any atom is -0.380 e. The van der Waals surface area contributed by atoms with Crippen molar-refractivity contribution in [2.24, 2.45) is 0 Å². The molecule has 0 aromatic heterocycles. The van der Waals surface area contributed by atoms with Crippen molar-refractivity contribution in [3.05, 3.63) is 29.8 Å². The average Bonchev–Trinajstić information content (AvgIpc) is 2.58. The lowest BCUT2D eigenvalue weighted by atomic mass is 9.98. The van der Waals surface area contributed by atoms with Crippen LogP contribution in [-0.2, 0) is 11.3 Å². The zero-order valence-corrected chi connectivity index (χ0v) is 12.4. The van der Waals surface area contributed by atoms with Gasteiger partial charge >= 0.3 is 0 Å². The van der Waals surface area contributed by atoms with Crippen LogP contribution in [-0.4, -0.2) is 31.8 Å². The Labute approximate surface area is 116 Å². The van der Waals surface area contributed by atoms with Crippen molar-refractivity contribution in [1.29, 1.82) is 0 Å². The van der Waals surface area contributed by atoms with Gasteiger partial charge in [-0.25, -0.2) is 0 Å². The third-order valence-electron chi connectivity index (χ3n) is 4.07. The number of anilines is 1. The molecule has 1 aliphatic heterocycles. The number of nitrogens with one attached hydrogen (secondary N) is 1. The molecule has 0 spiro atoms. The van der Waals surface area contributed by atoms with E-state index in [-0.39, 0.29) is 5.54 Å². The van der Waals surface area contributed by atoms with Crippen molar-refractivity contribution in [3.63, 3.8) is 0 Å². The van der Waals surface area contributed by atoms with Gasteiger partial charge in [0.15, 0.2) is 0 Å². The number of rotatable bonds is 5. The highest BCUT2D eigenvalue weighted by atomic mass is 16.5. The lowest BCUT2D eigenvalue weighted by Gasteiger charge is -2.34. The monoisotopic (exact) mass is 262 g/mol. The van der Waals surface area contributed by atoms with E-state index in [1.54, 1.807) is 0 Å². The Morgan fingerprint density at radius 1 is 1.32 bits per heavy atom. The summed E-state index contributed by atoms with van der Waals surface area (Å²) in [6.07, 6.45) is 1.13. The van der Waals surface area contributed by atoms with Gasteiger partial charge in [0.2, 0.25) is 0 Å². The first kappa shape index (κ1) is 14.4. The van der Waals surface area contributed by atoms with Gasteiger partial charge in [-0.3, -0.25) is 0 Å².